The van der Waals surface area contributed by atoms with Crippen molar-refractivity contribution in [1.82, 2.24) is 4.31 Å². The summed E-state index contributed by atoms with van der Waals surface area (Å²) in [5.41, 5.74) is 2.11. The summed E-state index contributed by atoms with van der Waals surface area (Å²) in [5, 5.41) is 3.28. The maximum Gasteiger partial charge on any atom is 0.247 e. The van der Waals surface area contributed by atoms with Crippen LogP contribution in [0.1, 0.15) is 17.3 Å². The predicted octanol–water partition coefficient (Wildman–Crippen LogP) is 4.14. The monoisotopic (exact) mass is 368 g/mol. The molecule has 0 amide bonds. The SMILES string of the molecule is O=S1(=O)c2ccccc2N[C@H](c2ccc(F)cc2)N1Cc1ccccc1. The van der Waals surface area contributed by atoms with Crippen LogP contribution >= 0.6 is 0 Å². The molecule has 0 saturated heterocycles. The maximum atomic E-state index is 13.3. The van der Waals surface area contributed by atoms with Gasteiger partial charge in [-0.2, -0.15) is 4.31 Å². The lowest BCUT2D eigenvalue weighted by Crippen LogP contribution is -2.42. The molecule has 132 valence electrons. The molecule has 1 aliphatic rings. The molecule has 3 aromatic rings. The Labute approximate surface area is 152 Å². The Bertz CT molecular complexity index is 1020. The molecular weight excluding hydrogens is 351 g/mol. The van der Waals surface area contributed by atoms with Gasteiger partial charge in [-0.15, -0.1) is 0 Å². The summed E-state index contributed by atoms with van der Waals surface area (Å²) in [6.07, 6.45) is -0.615. The minimum absolute atomic E-state index is 0.215. The predicted molar refractivity (Wildman–Crippen MR) is 98.4 cm³/mol. The van der Waals surface area contributed by atoms with Crippen molar-refractivity contribution < 1.29 is 12.8 Å². The highest BCUT2D eigenvalue weighted by molar-refractivity contribution is 7.89. The van der Waals surface area contributed by atoms with Gasteiger partial charge in [0.05, 0.1) is 5.69 Å². The fraction of sp³-hybridized carbons (Fsp3) is 0.100. The van der Waals surface area contributed by atoms with Crippen molar-refractivity contribution in [3.63, 3.8) is 0 Å². The first-order chi connectivity index (χ1) is 12.6. The number of fused-ring (bicyclic) bond motifs is 1. The number of sulfonamides is 1. The van der Waals surface area contributed by atoms with Gasteiger partial charge in [0.15, 0.2) is 0 Å². The second-order valence-corrected chi connectivity index (χ2v) is 7.99. The standard InChI is InChI=1S/C20H17FN2O2S/c21-17-12-10-16(11-13-17)20-22-18-8-4-5-9-19(18)26(24,25)23(20)14-15-6-2-1-3-7-15/h1-13,20,22H,14H2/t20-/m0/s1. The van der Waals surface area contributed by atoms with E-state index in [0.29, 0.717) is 11.3 Å². The van der Waals surface area contributed by atoms with Gasteiger partial charge in [-0.3, -0.25) is 0 Å². The summed E-state index contributed by atoms with van der Waals surface area (Å²) in [7, 11) is -3.71. The number of rotatable bonds is 3. The Morgan fingerprint density at radius 1 is 0.885 bits per heavy atom. The van der Waals surface area contributed by atoms with Crippen LogP contribution < -0.4 is 5.32 Å². The molecule has 3 aromatic carbocycles. The molecule has 4 rings (SSSR count). The van der Waals surface area contributed by atoms with E-state index in [9.17, 15) is 12.8 Å². The largest absolute Gasteiger partial charge is 0.364 e. The van der Waals surface area contributed by atoms with Gasteiger partial charge in [-0.1, -0.05) is 54.6 Å². The Hall–Kier alpha value is -2.70. The highest BCUT2D eigenvalue weighted by Crippen LogP contribution is 2.39. The molecule has 6 heteroatoms. The van der Waals surface area contributed by atoms with E-state index in [1.165, 1.54) is 16.4 Å². The van der Waals surface area contributed by atoms with Crippen LogP contribution in [0.15, 0.2) is 83.8 Å². The van der Waals surface area contributed by atoms with Crippen molar-refractivity contribution in [1.29, 1.82) is 0 Å². The van der Waals surface area contributed by atoms with Crippen molar-refractivity contribution >= 4 is 15.7 Å². The molecule has 0 spiro atoms. The highest BCUT2D eigenvalue weighted by atomic mass is 32.2. The zero-order valence-electron chi connectivity index (χ0n) is 13.8. The Morgan fingerprint density at radius 3 is 2.27 bits per heavy atom. The third-order valence-corrected chi connectivity index (χ3v) is 6.29. The number of nitrogens with zero attached hydrogens (tertiary/aromatic N) is 1. The minimum atomic E-state index is -3.71. The van der Waals surface area contributed by atoms with E-state index in [2.05, 4.69) is 5.32 Å². The third-order valence-electron chi connectivity index (χ3n) is 4.42. The number of benzene rings is 3. The molecule has 0 aromatic heterocycles. The van der Waals surface area contributed by atoms with Gasteiger partial charge in [0, 0.05) is 6.54 Å². The van der Waals surface area contributed by atoms with E-state index in [0.717, 1.165) is 5.56 Å². The van der Waals surface area contributed by atoms with E-state index >= 15 is 0 Å². The van der Waals surface area contributed by atoms with Crippen LogP contribution in [0.25, 0.3) is 0 Å². The number of hydrogen-bond donors (Lipinski definition) is 1. The summed E-state index contributed by atoms with van der Waals surface area (Å²) in [4.78, 5) is 0.245. The van der Waals surface area contributed by atoms with E-state index in [4.69, 9.17) is 0 Å². The summed E-state index contributed by atoms with van der Waals surface area (Å²) < 4.78 is 41.3. The molecular formula is C20H17FN2O2S. The number of halogens is 1. The first kappa shape index (κ1) is 16.8. The quantitative estimate of drug-likeness (QED) is 0.756. The lowest BCUT2D eigenvalue weighted by atomic mass is 10.1. The van der Waals surface area contributed by atoms with Crippen molar-refractivity contribution in [2.75, 3.05) is 5.32 Å². The lowest BCUT2D eigenvalue weighted by Gasteiger charge is -2.37. The van der Waals surface area contributed by atoms with E-state index < -0.39 is 16.2 Å². The molecule has 26 heavy (non-hydrogen) atoms. The van der Waals surface area contributed by atoms with Crippen molar-refractivity contribution in [3.8, 4) is 0 Å². The Kier molecular flexibility index (Phi) is 4.22. The van der Waals surface area contributed by atoms with Gasteiger partial charge in [0.2, 0.25) is 10.0 Å². The Morgan fingerprint density at radius 2 is 1.54 bits per heavy atom. The summed E-state index contributed by atoms with van der Waals surface area (Å²) in [6.45, 7) is 0.215. The summed E-state index contributed by atoms with van der Waals surface area (Å²) >= 11 is 0. The first-order valence-electron chi connectivity index (χ1n) is 8.22. The van der Waals surface area contributed by atoms with E-state index in [-0.39, 0.29) is 17.3 Å². The van der Waals surface area contributed by atoms with Crippen LogP contribution in [0, 0.1) is 5.82 Å². The van der Waals surface area contributed by atoms with Crippen LogP contribution in [0.2, 0.25) is 0 Å². The van der Waals surface area contributed by atoms with E-state index in [1.54, 1.807) is 36.4 Å². The van der Waals surface area contributed by atoms with E-state index in [1.807, 2.05) is 30.3 Å². The van der Waals surface area contributed by atoms with Crippen molar-refractivity contribution in [2.24, 2.45) is 0 Å². The van der Waals surface area contributed by atoms with Crippen LogP contribution in [-0.2, 0) is 16.6 Å². The molecule has 0 bridgehead atoms. The molecule has 0 aliphatic carbocycles. The van der Waals surface area contributed by atoms with Gasteiger partial charge in [-0.25, -0.2) is 12.8 Å². The summed E-state index contributed by atoms with van der Waals surface area (Å²) in [5.74, 6) is -0.359. The molecule has 0 unspecified atom stereocenters. The molecule has 1 N–H and O–H groups in total. The fourth-order valence-corrected chi connectivity index (χ4v) is 4.81. The smallest absolute Gasteiger partial charge is 0.247 e. The number of anilines is 1. The molecule has 0 fully saturated rings. The van der Waals surface area contributed by atoms with Gasteiger partial charge >= 0.3 is 0 Å². The maximum absolute atomic E-state index is 13.3. The number of hydrogen-bond acceptors (Lipinski definition) is 3. The zero-order chi connectivity index (χ0) is 18.1. The highest BCUT2D eigenvalue weighted by Gasteiger charge is 2.38. The Balaban J connectivity index is 1.83. The normalized spacial score (nSPS) is 18.7. The molecule has 1 heterocycles. The molecule has 1 atom stereocenters. The van der Waals surface area contributed by atoms with Gasteiger partial charge in [-0.05, 0) is 35.4 Å². The van der Waals surface area contributed by atoms with Crippen molar-refractivity contribution in [3.05, 3.63) is 95.8 Å². The first-order valence-corrected chi connectivity index (χ1v) is 9.66. The van der Waals surface area contributed by atoms with Gasteiger partial charge in [0.25, 0.3) is 0 Å². The number of para-hydroxylation sites is 1. The van der Waals surface area contributed by atoms with Crippen LogP contribution in [0.5, 0.6) is 0 Å². The molecule has 0 saturated carbocycles. The molecule has 4 nitrogen and oxygen atoms in total. The van der Waals surface area contributed by atoms with Crippen LogP contribution in [0.4, 0.5) is 10.1 Å². The molecule has 1 aliphatic heterocycles. The zero-order valence-corrected chi connectivity index (χ0v) is 14.7. The molecule has 0 radical (unpaired) electrons. The topological polar surface area (TPSA) is 49.4 Å². The lowest BCUT2D eigenvalue weighted by molar-refractivity contribution is 0.336. The minimum Gasteiger partial charge on any atom is -0.364 e. The average molecular weight is 368 g/mol. The second-order valence-electron chi connectivity index (χ2n) is 6.13. The average Bonchev–Trinajstić information content (AvgIpc) is 2.66. The van der Waals surface area contributed by atoms with Crippen LogP contribution in [0.3, 0.4) is 0 Å². The fourth-order valence-electron chi connectivity index (χ4n) is 3.13. The number of nitrogens with one attached hydrogen (secondary N) is 1. The second kappa shape index (κ2) is 6.55. The van der Waals surface area contributed by atoms with Crippen LogP contribution in [-0.4, -0.2) is 12.7 Å². The summed E-state index contributed by atoms with van der Waals surface area (Å²) in [6, 6.07) is 22.1. The third kappa shape index (κ3) is 2.98. The van der Waals surface area contributed by atoms with Gasteiger partial charge in [0.1, 0.15) is 16.9 Å². The van der Waals surface area contributed by atoms with Crippen molar-refractivity contribution in [2.45, 2.75) is 17.6 Å². The van der Waals surface area contributed by atoms with Gasteiger partial charge < -0.3 is 5.32 Å².